The summed E-state index contributed by atoms with van der Waals surface area (Å²) in [5, 5.41) is 28.3. The maximum absolute atomic E-state index is 10.1. The van der Waals surface area contributed by atoms with E-state index >= 15 is 0 Å². The van der Waals surface area contributed by atoms with Gasteiger partial charge in [0, 0.05) is 12.1 Å². The number of nitrogens with zero attached hydrogens (tertiary/aromatic N) is 7. The van der Waals surface area contributed by atoms with Gasteiger partial charge in [-0.25, -0.2) is 19.6 Å². The van der Waals surface area contributed by atoms with E-state index in [1.165, 1.54) is 6.33 Å². The van der Waals surface area contributed by atoms with Crippen molar-refractivity contribution < 1.29 is 14.9 Å². The normalized spacial score (nSPS) is 27.5. The van der Waals surface area contributed by atoms with Gasteiger partial charge in [0.1, 0.15) is 29.7 Å². The molecular weight excluding hydrogens is 380 g/mol. The Morgan fingerprint density at radius 3 is 2.79 bits per heavy atom. The van der Waals surface area contributed by atoms with Gasteiger partial charge in [0.15, 0.2) is 11.5 Å². The molecule has 4 rings (SSSR count). The minimum Gasteiger partial charge on any atom is -0.389 e. The molecule has 1 fully saturated rings. The molecule has 1 saturated carbocycles. The lowest BCUT2D eigenvalue weighted by molar-refractivity contribution is -0.128. The number of aliphatic hydroxyl groups excluding tert-OH is 2. The maximum Gasteiger partial charge on any atom is 0.165 e. The Labute approximate surface area is 165 Å². The third-order valence-corrected chi connectivity index (χ3v) is 5.07. The van der Waals surface area contributed by atoms with Crippen LogP contribution in [0.25, 0.3) is 11.2 Å². The van der Waals surface area contributed by atoms with Gasteiger partial charge in [-0.3, -0.25) is 0 Å². The van der Waals surface area contributed by atoms with E-state index in [9.17, 15) is 10.2 Å². The molecule has 0 saturated heterocycles. The Kier molecular flexibility index (Phi) is 5.38. The zero-order valence-corrected chi connectivity index (χ0v) is 15.6. The fourth-order valence-electron chi connectivity index (χ4n) is 3.50. The molecule has 13 nitrogen and oxygen atoms in total. The van der Waals surface area contributed by atoms with Gasteiger partial charge in [0.25, 0.3) is 0 Å². The van der Waals surface area contributed by atoms with Crippen molar-refractivity contribution >= 4 is 17.0 Å². The summed E-state index contributed by atoms with van der Waals surface area (Å²) in [6.45, 7) is 1.08. The van der Waals surface area contributed by atoms with Gasteiger partial charge in [-0.15, -0.1) is 5.10 Å². The van der Waals surface area contributed by atoms with Crippen LogP contribution in [0.15, 0.2) is 18.9 Å². The second kappa shape index (κ2) is 7.96. The summed E-state index contributed by atoms with van der Waals surface area (Å²) >= 11 is 0. The van der Waals surface area contributed by atoms with E-state index in [0.29, 0.717) is 42.2 Å². The first-order valence-corrected chi connectivity index (χ1v) is 9.23. The average molecular weight is 404 g/mol. The molecule has 0 spiro atoms. The number of anilines is 1. The molecule has 0 aliphatic heterocycles. The number of rotatable bonds is 6. The number of nitrogens with two attached hydrogens (primary N) is 3. The van der Waals surface area contributed by atoms with Crippen LogP contribution < -0.4 is 17.2 Å². The van der Waals surface area contributed by atoms with E-state index in [2.05, 4.69) is 25.3 Å². The summed E-state index contributed by atoms with van der Waals surface area (Å²) in [4.78, 5) is 12.3. The highest BCUT2D eigenvalue weighted by molar-refractivity contribution is 5.81. The summed E-state index contributed by atoms with van der Waals surface area (Å²) < 4.78 is 9.12. The molecule has 3 heterocycles. The summed E-state index contributed by atoms with van der Waals surface area (Å²) in [7, 11) is 0. The number of fused-ring (bicyclic) bond motifs is 1. The van der Waals surface area contributed by atoms with Gasteiger partial charge in [0.2, 0.25) is 0 Å². The van der Waals surface area contributed by atoms with Gasteiger partial charge in [-0.05, 0) is 6.42 Å². The summed E-state index contributed by atoms with van der Waals surface area (Å²) in [6.07, 6.45) is 2.31. The number of aromatic nitrogens is 7. The number of imidazole rings is 1. The fourth-order valence-corrected chi connectivity index (χ4v) is 3.50. The van der Waals surface area contributed by atoms with Gasteiger partial charge >= 0.3 is 0 Å². The number of hydrogen-bond donors (Lipinski definition) is 5. The molecule has 13 heteroatoms. The van der Waals surface area contributed by atoms with E-state index in [1.807, 2.05) is 0 Å². The van der Waals surface area contributed by atoms with Crippen LogP contribution in [0.3, 0.4) is 0 Å². The third kappa shape index (κ3) is 3.90. The summed E-state index contributed by atoms with van der Waals surface area (Å²) in [5.41, 5.74) is 19.4. The fraction of sp³-hybridized carbons (Fsp3) is 0.562. The SMILES string of the molecule is Nc1ncnc2c1ncn2Cc1cn(CCO[C@H]2[C@H](O)[C@@H](O)[C@H](N)C[C@@H]2N)nn1. The van der Waals surface area contributed by atoms with E-state index in [-0.39, 0.29) is 6.61 Å². The van der Waals surface area contributed by atoms with Crippen molar-refractivity contribution in [3.63, 3.8) is 0 Å². The first-order chi connectivity index (χ1) is 13.9. The minimum absolute atomic E-state index is 0.248. The Morgan fingerprint density at radius 2 is 1.97 bits per heavy atom. The summed E-state index contributed by atoms with van der Waals surface area (Å²) in [6, 6.07) is -1.00. The van der Waals surface area contributed by atoms with Crippen LogP contribution in [0.2, 0.25) is 0 Å². The van der Waals surface area contributed by atoms with Crippen LogP contribution in [0.5, 0.6) is 0 Å². The Balaban J connectivity index is 1.34. The zero-order chi connectivity index (χ0) is 20.5. The highest BCUT2D eigenvalue weighted by Gasteiger charge is 2.41. The van der Waals surface area contributed by atoms with Crippen LogP contribution in [-0.4, -0.2) is 81.7 Å². The van der Waals surface area contributed by atoms with Gasteiger partial charge < -0.3 is 36.7 Å². The number of ether oxygens (including phenoxy) is 1. The molecule has 1 aliphatic rings. The molecule has 3 aromatic heterocycles. The highest BCUT2D eigenvalue weighted by Crippen LogP contribution is 2.21. The molecule has 1 aliphatic carbocycles. The highest BCUT2D eigenvalue weighted by atomic mass is 16.5. The van der Waals surface area contributed by atoms with Crippen molar-refractivity contribution in [2.75, 3.05) is 12.3 Å². The second-order valence-corrected chi connectivity index (χ2v) is 7.16. The average Bonchev–Trinajstić information content (AvgIpc) is 3.31. The molecule has 8 N–H and O–H groups in total. The Hall–Kier alpha value is -2.71. The van der Waals surface area contributed by atoms with Gasteiger partial charge in [0.05, 0.1) is 38.3 Å². The van der Waals surface area contributed by atoms with E-state index in [4.69, 9.17) is 21.9 Å². The van der Waals surface area contributed by atoms with Crippen LogP contribution in [0, 0.1) is 0 Å². The molecular formula is C16H24N10O3. The van der Waals surface area contributed by atoms with Crippen LogP contribution in [-0.2, 0) is 17.8 Å². The third-order valence-electron chi connectivity index (χ3n) is 5.07. The molecule has 0 bridgehead atoms. The van der Waals surface area contributed by atoms with Gasteiger partial charge in [-0.2, -0.15) is 0 Å². The monoisotopic (exact) mass is 404 g/mol. The first kappa shape index (κ1) is 19.6. The molecule has 0 radical (unpaired) electrons. The standard InChI is InChI=1S/C16H24N10O3/c17-9-3-10(18)14(13(28)12(9)27)29-2-1-26-5-8(23-24-26)4-25-7-22-11-15(19)20-6-21-16(11)25/h5-7,9-10,12-14,27-28H,1-4,17-18H2,(H2,19,20,21)/t9-,10+,12+,13-,14-/m1/s1. The lowest BCUT2D eigenvalue weighted by atomic mass is 9.85. The first-order valence-electron chi connectivity index (χ1n) is 9.23. The van der Waals surface area contributed by atoms with E-state index < -0.39 is 30.4 Å². The minimum atomic E-state index is -1.12. The number of hydrogen-bond acceptors (Lipinski definition) is 11. The van der Waals surface area contributed by atoms with Crippen molar-refractivity contribution in [2.24, 2.45) is 11.5 Å². The lowest BCUT2D eigenvalue weighted by Crippen LogP contribution is -2.62. The summed E-state index contributed by atoms with van der Waals surface area (Å²) in [5.74, 6) is 0.323. The lowest BCUT2D eigenvalue weighted by Gasteiger charge is -2.39. The molecule has 29 heavy (non-hydrogen) atoms. The molecule has 0 unspecified atom stereocenters. The van der Waals surface area contributed by atoms with E-state index in [1.54, 1.807) is 21.8 Å². The molecule has 0 aromatic carbocycles. The smallest absolute Gasteiger partial charge is 0.165 e. The number of nitrogen functional groups attached to an aromatic ring is 1. The van der Waals surface area contributed by atoms with Crippen molar-refractivity contribution in [1.82, 2.24) is 34.5 Å². The molecule has 5 atom stereocenters. The van der Waals surface area contributed by atoms with E-state index in [0.717, 1.165) is 0 Å². The Morgan fingerprint density at radius 1 is 1.14 bits per heavy atom. The molecule has 0 amide bonds. The van der Waals surface area contributed by atoms with Crippen LogP contribution in [0.1, 0.15) is 12.1 Å². The van der Waals surface area contributed by atoms with Crippen LogP contribution in [0.4, 0.5) is 5.82 Å². The maximum atomic E-state index is 10.1. The van der Waals surface area contributed by atoms with Crippen molar-refractivity contribution in [1.29, 1.82) is 0 Å². The van der Waals surface area contributed by atoms with Crippen molar-refractivity contribution in [3.05, 3.63) is 24.5 Å². The molecule has 3 aromatic rings. The van der Waals surface area contributed by atoms with Gasteiger partial charge in [-0.1, -0.05) is 5.21 Å². The predicted molar refractivity (Wildman–Crippen MR) is 101 cm³/mol. The zero-order valence-electron chi connectivity index (χ0n) is 15.6. The quantitative estimate of drug-likeness (QED) is 0.284. The largest absolute Gasteiger partial charge is 0.389 e. The topological polar surface area (TPSA) is 202 Å². The Bertz CT molecular complexity index is 975. The second-order valence-electron chi connectivity index (χ2n) is 7.16. The van der Waals surface area contributed by atoms with Crippen molar-refractivity contribution in [3.8, 4) is 0 Å². The predicted octanol–water partition coefficient (Wildman–Crippen LogP) is -2.79. The van der Waals surface area contributed by atoms with Crippen LogP contribution >= 0.6 is 0 Å². The van der Waals surface area contributed by atoms with Crippen molar-refractivity contribution in [2.45, 2.75) is 49.9 Å². The number of aliphatic hydroxyl groups is 2. The molecule has 156 valence electrons.